The van der Waals surface area contributed by atoms with E-state index in [-0.39, 0.29) is 41.6 Å². The fourth-order valence-corrected chi connectivity index (χ4v) is 7.08. The lowest BCUT2D eigenvalue weighted by Crippen LogP contribution is -2.50. The largest absolute Gasteiger partial charge is 0.334 e. The maximum atomic E-state index is 13.3. The highest BCUT2D eigenvalue weighted by atomic mass is 32.2. The summed E-state index contributed by atoms with van der Waals surface area (Å²) in [7, 11) is -3.11. The highest BCUT2D eigenvalue weighted by molar-refractivity contribution is 7.91. The fraction of sp³-hybridized carbons (Fsp3) is 0.571. The monoisotopic (exact) mass is 449 g/mol. The van der Waals surface area contributed by atoms with Gasteiger partial charge in [-0.05, 0) is 44.4 Å². The number of hydrogen-bond acceptors (Lipinski definition) is 6. The number of rotatable bonds is 5. The molecule has 0 radical (unpaired) electrons. The van der Waals surface area contributed by atoms with Gasteiger partial charge in [-0.2, -0.15) is 5.10 Å². The van der Waals surface area contributed by atoms with Crippen LogP contribution in [0, 0.1) is 6.92 Å². The van der Waals surface area contributed by atoms with Crippen LogP contribution in [-0.2, 0) is 21.2 Å². The average molecular weight is 450 g/mol. The van der Waals surface area contributed by atoms with Gasteiger partial charge >= 0.3 is 0 Å². The molecule has 30 heavy (non-hydrogen) atoms. The zero-order chi connectivity index (χ0) is 21.3. The zero-order valence-electron chi connectivity index (χ0n) is 17.1. The topological polar surface area (TPSA) is 89.3 Å². The first-order chi connectivity index (χ1) is 14.3. The lowest BCUT2D eigenvalue weighted by Gasteiger charge is -2.38. The van der Waals surface area contributed by atoms with Crippen molar-refractivity contribution in [2.75, 3.05) is 11.5 Å². The Bertz CT molecular complexity index is 1080. The second-order valence-electron chi connectivity index (χ2n) is 8.27. The van der Waals surface area contributed by atoms with E-state index in [4.69, 9.17) is 0 Å². The molecule has 7 nitrogen and oxygen atoms in total. The maximum absolute atomic E-state index is 13.3. The minimum absolute atomic E-state index is 0.0199. The molecule has 0 spiro atoms. The van der Waals surface area contributed by atoms with Crippen molar-refractivity contribution in [3.05, 3.63) is 39.5 Å². The third-order valence-corrected chi connectivity index (χ3v) is 8.78. The van der Waals surface area contributed by atoms with Gasteiger partial charge in [0.1, 0.15) is 12.2 Å². The molecule has 2 aromatic rings. The molecule has 4 rings (SSSR count). The van der Waals surface area contributed by atoms with E-state index in [1.807, 2.05) is 19.1 Å². The van der Waals surface area contributed by atoms with Crippen LogP contribution in [0.3, 0.4) is 0 Å². The van der Waals surface area contributed by atoms with E-state index >= 15 is 0 Å². The van der Waals surface area contributed by atoms with Crippen LogP contribution in [0.1, 0.15) is 43.4 Å². The fourth-order valence-electron chi connectivity index (χ4n) is 4.53. The molecule has 1 aliphatic carbocycles. The smallest absolute Gasteiger partial charge is 0.267 e. The predicted octanol–water partition coefficient (Wildman–Crippen LogP) is 2.63. The van der Waals surface area contributed by atoms with E-state index in [0.717, 1.165) is 41.9 Å². The van der Waals surface area contributed by atoms with Crippen molar-refractivity contribution < 1.29 is 13.2 Å². The first-order valence-corrected chi connectivity index (χ1v) is 13.1. The number of amides is 1. The summed E-state index contributed by atoms with van der Waals surface area (Å²) < 4.78 is 25.3. The van der Waals surface area contributed by atoms with E-state index in [9.17, 15) is 18.0 Å². The van der Waals surface area contributed by atoms with Gasteiger partial charge in [0.05, 0.1) is 16.4 Å². The highest BCUT2D eigenvalue weighted by Crippen LogP contribution is 2.29. The lowest BCUT2D eigenvalue weighted by molar-refractivity contribution is -0.137. The first kappa shape index (κ1) is 21.2. The standard InChI is InChI=1S/C21H27N3O4S2/c1-15-7-9-19(29-15)18-8-10-20(25)23(22-18)13-21(26)24(16-5-3-2-4-6-16)17-11-12-30(27,28)14-17/h7-10,16-17H,2-6,11-14H2,1H3. The van der Waals surface area contributed by atoms with Crippen molar-refractivity contribution >= 4 is 27.1 Å². The summed E-state index contributed by atoms with van der Waals surface area (Å²) in [6.07, 6.45) is 5.48. The molecule has 3 heterocycles. The molecule has 0 bridgehead atoms. The average Bonchev–Trinajstić information content (AvgIpc) is 3.30. The number of hydrogen-bond donors (Lipinski definition) is 0. The number of aryl methyl sites for hydroxylation is 1. The molecule has 1 unspecified atom stereocenters. The molecule has 1 atom stereocenters. The van der Waals surface area contributed by atoms with E-state index in [0.29, 0.717) is 12.1 Å². The van der Waals surface area contributed by atoms with Crippen molar-refractivity contribution in [2.24, 2.45) is 0 Å². The Morgan fingerprint density at radius 3 is 2.53 bits per heavy atom. The van der Waals surface area contributed by atoms with Gasteiger partial charge < -0.3 is 4.90 Å². The van der Waals surface area contributed by atoms with Crippen LogP contribution in [0.4, 0.5) is 0 Å². The van der Waals surface area contributed by atoms with Crippen LogP contribution in [-0.4, -0.2) is 52.6 Å². The molecule has 2 aliphatic rings. The Labute approximate surface area is 180 Å². The Morgan fingerprint density at radius 2 is 1.90 bits per heavy atom. The van der Waals surface area contributed by atoms with Gasteiger partial charge in [-0.15, -0.1) is 11.3 Å². The molecular weight excluding hydrogens is 422 g/mol. The van der Waals surface area contributed by atoms with Crippen molar-refractivity contribution in [1.82, 2.24) is 14.7 Å². The Hall–Kier alpha value is -2.00. The molecular formula is C21H27N3O4S2. The number of nitrogens with zero attached hydrogens (tertiary/aromatic N) is 3. The van der Waals surface area contributed by atoms with Crippen molar-refractivity contribution in [3.8, 4) is 10.6 Å². The lowest BCUT2D eigenvalue weighted by atomic mass is 9.93. The van der Waals surface area contributed by atoms with Gasteiger partial charge in [0.25, 0.3) is 5.56 Å². The van der Waals surface area contributed by atoms with E-state index in [1.54, 1.807) is 22.3 Å². The molecule has 2 aromatic heterocycles. The van der Waals surface area contributed by atoms with Crippen LogP contribution < -0.4 is 5.56 Å². The van der Waals surface area contributed by atoms with Crippen LogP contribution in [0.5, 0.6) is 0 Å². The van der Waals surface area contributed by atoms with Crippen LogP contribution >= 0.6 is 11.3 Å². The molecule has 1 saturated heterocycles. The van der Waals surface area contributed by atoms with E-state index in [1.165, 1.54) is 10.7 Å². The second-order valence-corrected chi connectivity index (χ2v) is 11.8. The normalized spacial score (nSPS) is 21.6. The summed E-state index contributed by atoms with van der Waals surface area (Å²) in [5, 5.41) is 4.43. The van der Waals surface area contributed by atoms with Gasteiger partial charge in [0, 0.05) is 23.0 Å². The number of carbonyl (C=O) groups is 1. The molecule has 1 saturated carbocycles. The summed E-state index contributed by atoms with van der Waals surface area (Å²) in [5.74, 6) is -0.0656. The van der Waals surface area contributed by atoms with Gasteiger partial charge in [-0.1, -0.05) is 19.3 Å². The summed E-state index contributed by atoms with van der Waals surface area (Å²) in [6.45, 7) is 1.84. The zero-order valence-corrected chi connectivity index (χ0v) is 18.8. The summed E-state index contributed by atoms with van der Waals surface area (Å²) in [4.78, 5) is 29.6. The van der Waals surface area contributed by atoms with Gasteiger partial charge in [0.2, 0.25) is 5.91 Å². The molecule has 9 heteroatoms. The molecule has 162 valence electrons. The summed E-state index contributed by atoms with van der Waals surface area (Å²) in [6, 6.07) is 6.81. The van der Waals surface area contributed by atoms with Gasteiger partial charge in [0.15, 0.2) is 9.84 Å². The van der Waals surface area contributed by atoms with Crippen LogP contribution in [0.2, 0.25) is 0 Å². The third kappa shape index (κ3) is 4.67. The van der Waals surface area contributed by atoms with Crippen LogP contribution in [0.15, 0.2) is 29.1 Å². The number of sulfone groups is 1. The predicted molar refractivity (Wildman–Crippen MR) is 117 cm³/mol. The van der Waals surface area contributed by atoms with Crippen molar-refractivity contribution in [1.29, 1.82) is 0 Å². The maximum Gasteiger partial charge on any atom is 0.267 e. The summed E-state index contributed by atoms with van der Waals surface area (Å²) >= 11 is 1.58. The quantitative estimate of drug-likeness (QED) is 0.700. The second kappa shape index (κ2) is 8.63. The Kier molecular flexibility index (Phi) is 6.11. The first-order valence-electron chi connectivity index (χ1n) is 10.5. The molecule has 0 aromatic carbocycles. The Morgan fingerprint density at radius 1 is 1.13 bits per heavy atom. The van der Waals surface area contributed by atoms with Gasteiger partial charge in [-0.3, -0.25) is 9.59 Å². The third-order valence-electron chi connectivity index (χ3n) is 6.00. The summed E-state index contributed by atoms with van der Waals surface area (Å²) in [5.41, 5.74) is 0.330. The van der Waals surface area contributed by atoms with Gasteiger partial charge in [-0.25, -0.2) is 13.1 Å². The van der Waals surface area contributed by atoms with Crippen molar-refractivity contribution in [2.45, 2.75) is 64.1 Å². The number of aromatic nitrogens is 2. The molecule has 2 fully saturated rings. The minimum Gasteiger partial charge on any atom is -0.334 e. The highest BCUT2D eigenvalue weighted by Gasteiger charge is 2.38. The molecule has 1 amide bonds. The van der Waals surface area contributed by atoms with E-state index < -0.39 is 9.84 Å². The van der Waals surface area contributed by atoms with E-state index in [2.05, 4.69) is 5.10 Å². The van der Waals surface area contributed by atoms with Crippen LogP contribution in [0.25, 0.3) is 10.6 Å². The number of carbonyl (C=O) groups excluding carboxylic acids is 1. The Balaban J connectivity index is 1.60. The molecule has 1 aliphatic heterocycles. The number of thiophene rings is 1. The minimum atomic E-state index is -3.11. The molecule has 0 N–H and O–H groups in total. The SMILES string of the molecule is Cc1ccc(-c2ccc(=O)n(CC(=O)N(C3CCCCC3)C3CCS(=O)(=O)C3)n2)s1. The van der Waals surface area contributed by atoms with Crippen molar-refractivity contribution in [3.63, 3.8) is 0 Å².